The molecule has 43 heavy (non-hydrogen) atoms. The van der Waals surface area contributed by atoms with Crippen LogP contribution in [0.1, 0.15) is 65.5 Å². The Morgan fingerprint density at radius 2 is 1.72 bits per heavy atom. The van der Waals surface area contributed by atoms with Crippen molar-refractivity contribution in [1.82, 2.24) is 19.9 Å². The van der Waals surface area contributed by atoms with E-state index < -0.39 is 33.9 Å². The standard InChI is InChI=1S/C23H27F3N4O6S.C3H8.C2H7N/c1-15-10-16(6-7-17(15)12-27-21(31)36-22(2,3)4)20-19-11-18(13-30(19)29-14-28-20)34-8-5-9-35-37(32,33)23(24,25)26;1-3-2;1-2-3/h6-7,10-11,13-14H,5,8-9,12H2,1-4H3,(H,27,31);3H2,1-2H3;2-3H2,1H3. The Labute approximate surface area is 251 Å². The molecule has 0 aliphatic rings. The van der Waals surface area contributed by atoms with Gasteiger partial charge in [0, 0.05) is 24.6 Å². The topological polar surface area (TPSA) is 147 Å². The van der Waals surface area contributed by atoms with Crippen LogP contribution < -0.4 is 15.8 Å². The summed E-state index contributed by atoms with van der Waals surface area (Å²) in [6, 6.07) is 7.31. The van der Waals surface area contributed by atoms with E-state index in [9.17, 15) is 26.4 Å². The average molecular weight is 634 g/mol. The molecule has 242 valence electrons. The van der Waals surface area contributed by atoms with E-state index >= 15 is 0 Å². The molecule has 0 bridgehead atoms. The van der Waals surface area contributed by atoms with Crippen LogP contribution in [-0.2, 0) is 25.6 Å². The minimum atomic E-state index is -5.63. The van der Waals surface area contributed by atoms with Gasteiger partial charge < -0.3 is 20.5 Å². The predicted molar refractivity (Wildman–Crippen MR) is 158 cm³/mol. The molecule has 15 heteroatoms. The Bertz CT molecular complexity index is 1400. The summed E-state index contributed by atoms with van der Waals surface area (Å²) >= 11 is 0. The molecule has 3 rings (SSSR count). The number of carbonyl (C=O) groups is 1. The fourth-order valence-corrected chi connectivity index (χ4v) is 3.69. The summed E-state index contributed by atoms with van der Waals surface area (Å²) in [5.41, 5.74) is 2.63. The van der Waals surface area contributed by atoms with Crippen molar-refractivity contribution >= 4 is 21.7 Å². The van der Waals surface area contributed by atoms with Gasteiger partial charge in [-0.2, -0.15) is 26.7 Å². The monoisotopic (exact) mass is 633 g/mol. The van der Waals surface area contributed by atoms with E-state index in [1.807, 2.05) is 32.0 Å². The number of nitrogens with two attached hydrogens (primary N) is 1. The van der Waals surface area contributed by atoms with E-state index in [1.165, 1.54) is 17.3 Å². The van der Waals surface area contributed by atoms with E-state index in [0.717, 1.165) is 23.2 Å². The van der Waals surface area contributed by atoms with Gasteiger partial charge in [-0.3, -0.25) is 4.18 Å². The third-order valence-corrected chi connectivity index (χ3v) is 5.94. The number of alkyl carbamates (subject to hydrolysis) is 1. The number of hydrogen-bond donors (Lipinski definition) is 2. The molecule has 11 nitrogen and oxygen atoms in total. The summed E-state index contributed by atoms with van der Waals surface area (Å²) in [5.74, 6) is 0.371. The van der Waals surface area contributed by atoms with Crippen LogP contribution in [0.2, 0.25) is 0 Å². The number of benzene rings is 1. The zero-order chi connectivity index (χ0) is 32.8. The molecule has 3 aromatic rings. The molecule has 0 aliphatic heterocycles. The Kier molecular flexibility index (Phi) is 14.9. The van der Waals surface area contributed by atoms with Gasteiger partial charge in [0.25, 0.3) is 0 Å². The largest absolute Gasteiger partial charge is 0.523 e. The Hall–Kier alpha value is -3.43. The van der Waals surface area contributed by atoms with Gasteiger partial charge in [-0.05, 0) is 51.4 Å². The molecule has 2 heterocycles. The lowest BCUT2D eigenvalue weighted by atomic mass is 10.0. The first kappa shape index (κ1) is 37.6. The number of alkyl halides is 3. The molecule has 2 aromatic heterocycles. The lowest BCUT2D eigenvalue weighted by molar-refractivity contribution is -0.0544. The van der Waals surface area contributed by atoms with Crippen LogP contribution in [0.3, 0.4) is 0 Å². The summed E-state index contributed by atoms with van der Waals surface area (Å²) in [7, 11) is -5.63. The SMILES string of the molecule is CCC.CCN.Cc1cc(-c2ncnn3cc(OCCCOS(=O)(=O)C(F)(F)F)cc23)ccc1CNC(=O)OC(C)(C)C. The van der Waals surface area contributed by atoms with E-state index in [4.69, 9.17) is 15.2 Å². The summed E-state index contributed by atoms with van der Waals surface area (Å²) < 4.78 is 74.9. The van der Waals surface area contributed by atoms with Crippen LogP contribution in [0, 0.1) is 6.92 Å². The summed E-state index contributed by atoms with van der Waals surface area (Å²) in [6.45, 7) is 13.7. The maximum Gasteiger partial charge on any atom is 0.523 e. The van der Waals surface area contributed by atoms with Crippen LogP contribution >= 0.6 is 0 Å². The second kappa shape index (κ2) is 17.0. The van der Waals surface area contributed by atoms with Crippen LogP contribution in [-0.4, -0.2) is 60.0 Å². The van der Waals surface area contributed by atoms with Gasteiger partial charge in [-0.15, -0.1) is 0 Å². The molecule has 1 amide bonds. The first-order chi connectivity index (χ1) is 20.0. The normalized spacial score (nSPS) is 11.6. The van der Waals surface area contributed by atoms with Crippen molar-refractivity contribution in [2.24, 2.45) is 5.73 Å². The van der Waals surface area contributed by atoms with Gasteiger partial charge >= 0.3 is 21.7 Å². The fourth-order valence-electron chi connectivity index (χ4n) is 3.21. The molecule has 0 saturated heterocycles. The molecule has 0 saturated carbocycles. The summed E-state index contributed by atoms with van der Waals surface area (Å²) in [5, 5.41) is 6.87. The Balaban J connectivity index is 0.00000142. The van der Waals surface area contributed by atoms with Gasteiger partial charge in [-0.25, -0.2) is 14.3 Å². The van der Waals surface area contributed by atoms with E-state index in [0.29, 0.717) is 17.0 Å². The number of ether oxygens (including phenoxy) is 2. The van der Waals surface area contributed by atoms with Crippen molar-refractivity contribution in [2.45, 2.75) is 79.0 Å². The van der Waals surface area contributed by atoms with Crippen molar-refractivity contribution in [2.75, 3.05) is 19.8 Å². The summed E-state index contributed by atoms with van der Waals surface area (Å²) in [4.78, 5) is 16.3. The van der Waals surface area contributed by atoms with Crippen LogP contribution in [0.15, 0.2) is 36.8 Å². The highest BCUT2D eigenvalue weighted by Crippen LogP contribution is 2.28. The first-order valence-corrected chi connectivity index (χ1v) is 15.1. The number of rotatable bonds is 9. The number of aryl methyl sites for hydroxylation is 1. The third kappa shape index (κ3) is 12.8. The lowest BCUT2D eigenvalue weighted by Gasteiger charge is -2.20. The Morgan fingerprint density at radius 1 is 1.09 bits per heavy atom. The van der Waals surface area contributed by atoms with Crippen molar-refractivity contribution in [3.05, 3.63) is 47.9 Å². The zero-order valence-corrected chi connectivity index (χ0v) is 26.4. The highest BCUT2D eigenvalue weighted by molar-refractivity contribution is 7.87. The van der Waals surface area contributed by atoms with E-state index in [1.54, 1.807) is 33.0 Å². The van der Waals surface area contributed by atoms with Gasteiger partial charge in [0.15, 0.2) is 0 Å². The second-order valence-electron chi connectivity index (χ2n) is 10.2. The molecule has 0 aliphatic carbocycles. The fraction of sp³-hybridized carbons (Fsp3) is 0.536. The van der Waals surface area contributed by atoms with Crippen LogP contribution in [0.25, 0.3) is 16.8 Å². The maximum atomic E-state index is 12.3. The van der Waals surface area contributed by atoms with Gasteiger partial charge in [-0.1, -0.05) is 39.3 Å². The molecule has 0 spiro atoms. The van der Waals surface area contributed by atoms with Gasteiger partial charge in [0.2, 0.25) is 0 Å². The number of nitrogens with one attached hydrogen (secondary N) is 1. The van der Waals surface area contributed by atoms with E-state index in [-0.39, 0.29) is 19.6 Å². The molecule has 0 atom stereocenters. The Morgan fingerprint density at radius 3 is 2.28 bits per heavy atom. The third-order valence-electron chi connectivity index (χ3n) is 4.90. The molecule has 0 radical (unpaired) electrons. The van der Waals surface area contributed by atoms with Crippen LogP contribution in [0.5, 0.6) is 5.75 Å². The second-order valence-corrected chi connectivity index (χ2v) is 11.8. The number of hydrogen-bond acceptors (Lipinski definition) is 9. The minimum absolute atomic E-state index is 0.0779. The van der Waals surface area contributed by atoms with Crippen LogP contribution in [0.4, 0.5) is 18.0 Å². The molecule has 0 fully saturated rings. The van der Waals surface area contributed by atoms with Gasteiger partial charge in [0.1, 0.15) is 17.7 Å². The number of aromatic nitrogens is 3. The van der Waals surface area contributed by atoms with Gasteiger partial charge in [0.05, 0.1) is 30.6 Å². The highest BCUT2D eigenvalue weighted by Gasteiger charge is 2.47. The lowest BCUT2D eigenvalue weighted by Crippen LogP contribution is -2.32. The number of fused-ring (bicyclic) bond motifs is 1. The number of carbonyl (C=O) groups excluding carboxylic acids is 1. The van der Waals surface area contributed by atoms with Crippen molar-refractivity contribution in [3.63, 3.8) is 0 Å². The number of nitrogens with zero attached hydrogens (tertiary/aromatic N) is 3. The molecular weight excluding hydrogens is 591 g/mol. The molecular formula is C28H42F3N5O6S. The quantitative estimate of drug-likeness (QED) is 0.171. The zero-order valence-electron chi connectivity index (χ0n) is 25.6. The van der Waals surface area contributed by atoms with Crippen molar-refractivity contribution in [3.8, 4) is 17.0 Å². The first-order valence-electron chi connectivity index (χ1n) is 13.7. The van der Waals surface area contributed by atoms with E-state index in [2.05, 4.69) is 33.4 Å². The summed E-state index contributed by atoms with van der Waals surface area (Å²) in [6.07, 6.45) is 3.59. The molecule has 0 unspecified atom stereocenters. The minimum Gasteiger partial charge on any atom is -0.492 e. The smallest absolute Gasteiger partial charge is 0.492 e. The number of halogens is 3. The highest BCUT2D eigenvalue weighted by atomic mass is 32.2. The van der Waals surface area contributed by atoms with Crippen molar-refractivity contribution < 1.29 is 40.0 Å². The maximum absolute atomic E-state index is 12.3. The van der Waals surface area contributed by atoms with Crippen molar-refractivity contribution in [1.29, 1.82) is 0 Å². The predicted octanol–water partition coefficient (Wildman–Crippen LogP) is 5.75. The number of amides is 1. The average Bonchev–Trinajstić information content (AvgIpc) is 3.30. The molecule has 1 aromatic carbocycles. The molecule has 3 N–H and O–H groups in total.